The first-order chi connectivity index (χ1) is 11.2. The summed E-state index contributed by atoms with van der Waals surface area (Å²) in [6.45, 7) is 3.90. The van der Waals surface area contributed by atoms with E-state index in [1.165, 1.54) is 44.9 Å². The van der Waals surface area contributed by atoms with Crippen LogP contribution in [0.3, 0.4) is 0 Å². The SMILES string of the molecule is CCCCCCCCCCOCCCC/C=C1\SC(=O)NC1=O. The Bertz CT molecular complexity index is 382. The molecule has 0 radical (unpaired) electrons. The van der Waals surface area contributed by atoms with Gasteiger partial charge in [-0.2, -0.15) is 0 Å². The van der Waals surface area contributed by atoms with Crippen molar-refractivity contribution in [2.45, 2.75) is 77.6 Å². The van der Waals surface area contributed by atoms with Gasteiger partial charge in [-0.1, -0.05) is 57.9 Å². The summed E-state index contributed by atoms with van der Waals surface area (Å²) in [6, 6.07) is 0. The number of imide groups is 1. The molecule has 5 heteroatoms. The van der Waals surface area contributed by atoms with Crippen LogP contribution >= 0.6 is 11.8 Å². The lowest BCUT2D eigenvalue weighted by Gasteiger charge is -2.04. The van der Waals surface area contributed by atoms with Crippen molar-refractivity contribution in [1.29, 1.82) is 0 Å². The molecule has 1 aliphatic rings. The number of rotatable bonds is 14. The monoisotopic (exact) mass is 341 g/mol. The number of carbonyl (C=O) groups excluding carboxylic acids is 2. The van der Waals surface area contributed by atoms with Crippen LogP contribution in [0.25, 0.3) is 0 Å². The minimum atomic E-state index is -0.269. The zero-order valence-electron chi connectivity index (χ0n) is 14.4. The molecule has 132 valence electrons. The van der Waals surface area contributed by atoms with Crippen LogP contribution in [0.2, 0.25) is 0 Å². The zero-order valence-corrected chi connectivity index (χ0v) is 15.2. The molecule has 0 aromatic carbocycles. The molecule has 1 saturated heterocycles. The van der Waals surface area contributed by atoms with Gasteiger partial charge in [-0.05, 0) is 37.4 Å². The molecule has 23 heavy (non-hydrogen) atoms. The van der Waals surface area contributed by atoms with Gasteiger partial charge in [-0.15, -0.1) is 0 Å². The normalized spacial score (nSPS) is 16.3. The fourth-order valence-electron chi connectivity index (χ4n) is 2.48. The highest BCUT2D eigenvalue weighted by molar-refractivity contribution is 8.18. The van der Waals surface area contributed by atoms with Gasteiger partial charge in [0.2, 0.25) is 0 Å². The fourth-order valence-corrected chi connectivity index (χ4v) is 3.17. The summed E-state index contributed by atoms with van der Waals surface area (Å²) in [5.74, 6) is -0.258. The molecule has 2 amide bonds. The standard InChI is InChI=1S/C18H31NO3S/c1-2-3-4-5-6-7-8-11-14-22-15-12-9-10-13-16-17(20)19-18(21)23-16/h13H,2-12,14-15H2,1H3,(H,19,20,21)/b16-13-. The average Bonchev–Trinajstić information content (AvgIpc) is 2.85. The van der Waals surface area contributed by atoms with Crippen molar-refractivity contribution in [1.82, 2.24) is 5.32 Å². The van der Waals surface area contributed by atoms with Crippen molar-refractivity contribution in [3.05, 3.63) is 11.0 Å². The van der Waals surface area contributed by atoms with Crippen molar-refractivity contribution in [3.8, 4) is 0 Å². The molecule has 0 aromatic heterocycles. The van der Waals surface area contributed by atoms with Crippen LogP contribution in [0.4, 0.5) is 4.79 Å². The summed E-state index contributed by atoms with van der Waals surface area (Å²) < 4.78 is 5.63. The van der Waals surface area contributed by atoms with E-state index in [0.717, 1.165) is 50.7 Å². The van der Waals surface area contributed by atoms with Gasteiger partial charge >= 0.3 is 0 Å². The van der Waals surface area contributed by atoms with Crippen LogP contribution in [0.5, 0.6) is 0 Å². The van der Waals surface area contributed by atoms with Crippen molar-refractivity contribution < 1.29 is 14.3 Å². The minimum absolute atomic E-state index is 0.258. The molecule has 0 aliphatic carbocycles. The highest BCUT2D eigenvalue weighted by atomic mass is 32.2. The lowest BCUT2D eigenvalue weighted by atomic mass is 10.1. The van der Waals surface area contributed by atoms with Gasteiger partial charge in [0.05, 0.1) is 4.91 Å². The number of carbonyl (C=O) groups is 2. The number of unbranched alkanes of at least 4 members (excludes halogenated alkanes) is 9. The summed E-state index contributed by atoms with van der Waals surface area (Å²) >= 11 is 0.989. The number of ether oxygens (including phenoxy) is 1. The number of thioether (sulfide) groups is 1. The van der Waals surface area contributed by atoms with E-state index >= 15 is 0 Å². The van der Waals surface area contributed by atoms with Gasteiger partial charge in [0.25, 0.3) is 11.1 Å². The van der Waals surface area contributed by atoms with Crippen LogP contribution < -0.4 is 5.32 Å². The smallest absolute Gasteiger partial charge is 0.290 e. The number of hydrogen-bond acceptors (Lipinski definition) is 4. The third-order valence-electron chi connectivity index (χ3n) is 3.86. The van der Waals surface area contributed by atoms with Crippen LogP contribution in [0.1, 0.15) is 77.6 Å². The van der Waals surface area contributed by atoms with Crippen LogP contribution in [-0.2, 0) is 9.53 Å². The highest BCUT2D eigenvalue weighted by Gasteiger charge is 2.24. The Balaban J connectivity index is 1.81. The van der Waals surface area contributed by atoms with E-state index in [0.29, 0.717) is 4.91 Å². The van der Waals surface area contributed by atoms with Gasteiger partial charge in [0.1, 0.15) is 0 Å². The summed E-state index contributed by atoms with van der Waals surface area (Å²) in [5.41, 5.74) is 0. The Morgan fingerprint density at radius 2 is 1.52 bits per heavy atom. The molecule has 0 spiro atoms. The first-order valence-electron chi connectivity index (χ1n) is 9.05. The maximum absolute atomic E-state index is 11.3. The average molecular weight is 342 g/mol. The third kappa shape index (κ3) is 10.6. The largest absolute Gasteiger partial charge is 0.381 e. The predicted molar refractivity (Wildman–Crippen MR) is 96.5 cm³/mol. The third-order valence-corrected chi connectivity index (χ3v) is 4.72. The zero-order chi connectivity index (χ0) is 16.8. The number of allylic oxidation sites excluding steroid dienone is 1. The van der Waals surface area contributed by atoms with Crippen LogP contribution in [0.15, 0.2) is 11.0 Å². The van der Waals surface area contributed by atoms with E-state index in [9.17, 15) is 9.59 Å². The Morgan fingerprint density at radius 3 is 2.13 bits per heavy atom. The van der Waals surface area contributed by atoms with Crippen molar-refractivity contribution in [3.63, 3.8) is 0 Å². The quantitative estimate of drug-likeness (QED) is 0.349. The van der Waals surface area contributed by atoms with Crippen molar-refractivity contribution in [2.24, 2.45) is 0 Å². The molecular formula is C18H31NO3S. The van der Waals surface area contributed by atoms with Crippen LogP contribution in [0, 0.1) is 0 Å². The molecule has 0 saturated carbocycles. The highest BCUT2D eigenvalue weighted by Crippen LogP contribution is 2.23. The second-order valence-corrected chi connectivity index (χ2v) is 7.01. The minimum Gasteiger partial charge on any atom is -0.381 e. The first-order valence-corrected chi connectivity index (χ1v) is 9.86. The fraction of sp³-hybridized carbons (Fsp3) is 0.778. The van der Waals surface area contributed by atoms with E-state index in [2.05, 4.69) is 12.2 Å². The molecule has 1 heterocycles. The number of nitrogens with one attached hydrogen (secondary N) is 1. The molecule has 4 nitrogen and oxygen atoms in total. The molecule has 0 aromatic rings. The lowest BCUT2D eigenvalue weighted by Crippen LogP contribution is -2.17. The summed E-state index contributed by atoms with van der Waals surface area (Å²) in [7, 11) is 0. The lowest BCUT2D eigenvalue weighted by molar-refractivity contribution is -0.115. The molecule has 0 unspecified atom stereocenters. The molecule has 1 fully saturated rings. The Kier molecular flexibility index (Phi) is 12.0. The van der Waals surface area contributed by atoms with E-state index in [1.54, 1.807) is 0 Å². The molecule has 1 aliphatic heterocycles. The van der Waals surface area contributed by atoms with Crippen molar-refractivity contribution in [2.75, 3.05) is 13.2 Å². The van der Waals surface area contributed by atoms with Crippen LogP contribution in [-0.4, -0.2) is 24.4 Å². The van der Waals surface area contributed by atoms with E-state index in [1.807, 2.05) is 6.08 Å². The molecule has 0 atom stereocenters. The number of amides is 2. The Labute approximate surface area is 144 Å². The Morgan fingerprint density at radius 1 is 0.913 bits per heavy atom. The van der Waals surface area contributed by atoms with E-state index in [4.69, 9.17) is 4.74 Å². The Hall–Kier alpha value is -0.810. The van der Waals surface area contributed by atoms with Crippen molar-refractivity contribution >= 4 is 22.9 Å². The maximum atomic E-state index is 11.3. The molecular weight excluding hydrogens is 310 g/mol. The first kappa shape index (κ1) is 20.2. The number of hydrogen-bond donors (Lipinski definition) is 1. The van der Waals surface area contributed by atoms with Gasteiger partial charge in [-0.3, -0.25) is 14.9 Å². The maximum Gasteiger partial charge on any atom is 0.290 e. The summed E-state index contributed by atoms with van der Waals surface area (Å²) in [4.78, 5) is 22.8. The summed E-state index contributed by atoms with van der Waals surface area (Å²) in [6.07, 6.45) is 15.3. The molecule has 1 N–H and O–H groups in total. The second-order valence-electron chi connectivity index (χ2n) is 6.00. The van der Waals surface area contributed by atoms with Gasteiger partial charge in [-0.25, -0.2) is 0 Å². The van der Waals surface area contributed by atoms with Gasteiger partial charge in [0, 0.05) is 13.2 Å². The topological polar surface area (TPSA) is 55.4 Å². The van der Waals surface area contributed by atoms with E-state index < -0.39 is 0 Å². The molecule has 1 rings (SSSR count). The summed E-state index contributed by atoms with van der Waals surface area (Å²) in [5, 5.41) is 1.99. The predicted octanol–water partition coefficient (Wildman–Crippen LogP) is 5.18. The van der Waals surface area contributed by atoms with Gasteiger partial charge < -0.3 is 4.74 Å². The van der Waals surface area contributed by atoms with Gasteiger partial charge in [0.15, 0.2) is 0 Å². The second kappa shape index (κ2) is 13.6. The van der Waals surface area contributed by atoms with E-state index in [-0.39, 0.29) is 11.1 Å². The molecule has 0 bridgehead atoms.